The highest BCUT2D eigenvalue weighted by Crippen LogP contribution is 2.40. The van der Waals surface area contributed by atoms with Crippen molar-refractivity contribution in [2.75, 3.05) is 11.9 Å². The number of carbonyl (C=O) groups is 2. The largest absolute Gasteiger partial charge is 0.453 e. The monoisotopic (exact) mass is 685 g/mol. The smallest absolute Gasteiger partial charge is 0.319 e. The molecule has 6 rings (SSSR count). The molecule has 0 spiro atoms. The van der Waals surface area contributed by atoms with Crippen LogP contribution in [0, 0.1) is 29.5 Å². The van der Waals surface area contributed by atoms with E-state index >= 15 is 0 Å². The highest BCUT2D eigenvalue weighted by molar-refractivity contribution is 7.22. The van der Waals surface area contributed by atoms with Crippen molar-refractivity contribution >= 4 is 39.2 Å². The van der Waals surface area contributed by atoms with E-state index in [1.165, 1.54) is 29.0 Å². The van der Waals surface area contributed by atoms with Crippen LogP contribution in [0.1, 0.15) is 84.1 Å². The van der Waals surface area contributed by atoms with Gasteiger partial charge in [0.1, 0.15) is 5.75 Å². The number of aromatic nitrogens is 2. The van der Waals surface area contributed by atoms with Crippen LogP contribution in [0.4, 0.5) is 14.9 Å². The lowest BCUT2D eigenvalue weighted by Gasteiger charge is -2.21. The Morgan fingerprint density at radius 1 is 1.02 bits per heavy atom. The number of nitrogens with zero attached hydrogens (tertiary/aromatic N) is 2. The number of carbonyl (C=O) groups excluding carboxylic acids is 2. The van der Waals surface area contributed by atoms with E-state index in [-0.39, 0.29) is 29.6 Å². The quantitative estimate of drug-likeness (QED) is 0.122. The maximum atomic E-state index is 15.0. The summed E-state index contributed by atoms with van der Waals surface area (Å²) in [5.41, 5.74) is 3.18. The lowest BCUT2D eigenvalue weighted by Crippen LogP contribution is -2.32. The molecule has 0 radical (unpaired) electrons. The molecular formula is C39H48FN5O3S. The first kappa shape index (κ1) is 34.8. The van der Waals surface area contributed by atoms with Gasteiger partial charge in [-0.05, 0) is 105 Å². The lowest BCUT2D eigenvalue weighted by atomic mass is 9.85. The summed E-state index contributed by atoms with van der Waals surface area (Å²) in [5, 5.41) is 8.70. The van der Waals surface area contributed by atoms with Crippen molar-refractivity contribution in [2.24, 2.45) is 23.7 Å². The van der Waals surface area contributed by atoms with Gasteiger partial charge in [0, 0.05) is 48.7 Å². The van der Waals surface area contributed by atoms with E-state index in [0.29, 0.717) is 29.2 Å². The van der Waals surface area contributed by atoms with Gasteiger partial charge in [0.05, 0.1) is 20.8 Å². The van der Waals surface area contributed by atoms with Crippen molar-refractivity contribution in [3.05, 3.63) is 66.2 Å². The molecule has 0 bridgehead atoms. The van der Waals surface area contributed by atoms with Crippen molar-refractivity contribution in [3.63, 3.8) is 0 Å². The third kappa shape index (κ3) is 9.35. The molecule has 4 atom stereocenters. The molecule has 3 aromatic heterocycles. The van der Waals surface area contributed by atoms with Crippen LogP contribution in [0.2, 0.25) is 0 Å². The fourth-order valence-corrected chi connectivity index (χ4v) is 7.62. The summed E-state index contributed by atoms with van der Waals surface area (Å²) in [4.78, 5) is 35.1. The summed E-state index contributed by atoms with van der Waals surface area (Å²) < 4.78 is 21.8. The van der Waals surface area contributed by atoms with E-state index in [1.54, 1.807) is 18.3 Å². The molecule has 2 saturated carbocycles. The number of hydrogen-bond donors (Lipinski definition) is 3. The van der Waals surface area contributed by atoms with Crippen molar-refractivity contribution in [2.45, 2.75) is 91.0 Å². The van der Waals surface area contributed by atoms with Gasteiger partial charge in [0.25, 0.3) is 0 Å². The fourth-order valence-electron chi connectivity index (χ4n) is 6.58. The number of fused-ring (bicyclic) bond motifs is 1. The number of ether oxygens (including phenoxy) is 1. The number of urea groups is 1. The zero-order valence-corrected chi connectivity index (χ0v) is 29.6. The standard InChI is InChI=1S/C39H48FN5O3S/c1-4-24(2)17-19-42-38(46)28-8-5-25(3)27(10-11-28)9-6-26-7-15-32(43-23-26)36-22-33-37(49-36)35(18-20-41-33)48-34-16-14-30(21-31(34)40)45-39(47)44-29-12-13-29/h7,14-16,18,20-25,27-29H,4-6,8-13,17,19H2,1-3H3,(H,42,46)(H2,44,45,47). The molecule has 3 N–H and O–H groups in total. The average Bonchev–Trinajstić information content (AvgIpc) is 3.83. The number of pyridine rings is 2. The van der Waals surface area contributed by atoms with E-state index in [4.69, 9.17) is 9.72 Å². The van der Waals surface area contributed by atoms with Crippen LogP contribution >= 0.6 is 11.3 Å². The molecule has 8 nitrogen and oxygen atoms in total. The molecule has 2 fully saturated rings. The molecule has 2 aliphatic rings. The number of halogens is 1. The van der Waals surface area contributed by atoms with Gasteiger partial charge in [-0.15, -0.1) is 11.3 Å². The number of nitrogens with one attached hydrogen (secondary N) is 3. The van der Waals surface area contributed by atoms with E-state index in [1.807, 2.05) is 12.3 Å². The normalized spacial score (nSPS) is 20.0. The molecule has 4 unspecified atom stereocenters. The number of benzene rings is 1. The molecule has 3 heterocycles. The van der Waals surface area contributed by atoms with Gasteiger partial charge in [-0.3, -0.25) is 14.8 Å². The van der Waals surface area contributed by atoms with Gasteiger partial charge in [0.2, 0.25) is 5.91 Å². The predicted octanol–water partition coefficient (Wildman–Crippen LogP) is 9.50. The number of hydrogen-bond acceptors (Lipinski definition) is 6. The summed E-state index contributed by atoms with van der Waals surface area (Å²) in [6, 6.07) is 12.2. The molecule has 0 aliphatic heterocycles. The SMILES string of the molecule is CCC(C)CCNC(=O)C1CCC(C)C(CCc2ccc(-c3cc4nccc(Oc5ccc(NC(=O)NC6CC6)cc5F)c4s3)nc2)CC1. The summed E-state index contributed by atoms with van der Waals surface area (Å²) in [6.45, 7) is 7.58. The second-order valence-corrected chi connectivity index (χ2v) is 15.1. The van der Waals surface area contributed by atoms with Crippen molar-refractivity contribution in [3.8, 4) is 22.1 Å². The number of rotatable bonds is 13. The topological polar surface area (TPSA) is 105 Å². The Morgan fingerprint density at radius 3 is 2.61 bits per heavy atom. The van der Waals surface area contributed by atoms with E-state index < -0.39 is 5.82 Å². The van der Waals surface area contributed by atoms with Gasteiger partial charge in [-0.25, -0.2) is 9.18 Å². The molecule has 2 aliphatic carbocycles. The highest BCUT2D eigenvalue weighted by Gasteiger charge is 2.28. The van der Waals surface area contributed by atoms with Gasteiger partial charge in [-0.1, -0.05) is 33.3 Å². The van der Waals surface area contributed by atoms with Gasteiger partial charge in [0.15, 0.2) is 11.6 Å². The van der Waals surface area contributed by atoms with Crippen LogP contribution in [0.5, 0.6) is 11.5 Å². The minimum absolute atomic E-state index is 0.0666. The maximum Gasteiger partial charge on any atom is 0.319 e. The predicted molar refractivity (Wildman–Crippen MR) is 195 cm³/mol. The van der Waals surface area contributed by atoms with E-state index in [9.17, 15) is 14.0 Å². The Kier molecular flexibility index (Phi) is 11.4. The summed E-state index contributed by atoms with van der Waals surface area (Å²) in [6.07, 6.45) is 14.0. The van der Waals surface area contributed by atoms with E-state index in [0.717, 1.165) is 91.5 Å². The van der Waals surface area contributed by atoms with Gasteiger partial charge >= 0.3 is 6.03 Å². The minimum atomic E-state index is -0.570. The number of aryl methyl sites for hydroxylation is 1. The summed E-state index contributed by atoms with van der Waals surface area (Å²) >= 11 is 1.51. The van der Waals surface area contributed by atoms with E-state index in [2.05, 4.69) is 53.8 Å². The Morgan fingerprint density at radius 2 is 1.86 bits per heavy atom. The molecule has 1 aromatic carbocycles. The molecule has 0 saturated heterocycles. The Labute approximate surface area is 292 Å². The summed E-state index contributed by atoms with van der Waals surface area (Å²) in [5.74, 6) is 2.25. The van der Waals surface area contributed by atoms with Gasteiger partial charge in [-0.2, -0.15) is 0 Å². The minimum Gasteiger partial charge on any atom is -0.453 e. The van der Waals surface area contributed by atoms with Crippen molar-refractivity contribution in [1.82, 2.24) is 20.6 Å². The fraction of sp³-hybridized carbons (Fsp3) is 0.487. The van der Waals surface area contributed by atoms with Crippen LogP contribution in [-0.2, 0) is 11.2 Å². The first-order chi connectivity index (χ1) is 23.7. The number of thiophene rings is 1. The zero-order chi connectivity index (χ0) is 34.3. The zero-order valence-electron chi connectivity index (χ0n) is 28.8. The van der Waals surface area contributed by atoms with Crippen molar-refractivity contribution < 1.29 is 18.7 Å². The molecule has 10 heteroatoms. The molecule has 3 amide bonds. The van der Waals surface area contributed by atoms with Crippen molar-refractivity contribution in [1.29, 1.82) is 0 Å². The van der Waals surface area contributed by atoms with Crippen LogP contribution in [0.3, 0.4) is 0 Å². The third-order valence-electron chi connectivity index (χ3n) is 10.2. The van der Waals surface area contributed by atoms with Crippen LogP contribution in [0.25, 0.3) is 20.8 Å². The first-order valence-electron chi connectivity index (χ1n) is 17.9. The Bertz CT molecular complexity index is 1740. The number of anilines is 1. The molecular weight excluding hydrogens is 638 g/mol. The lowest BCUT2D eigenvalue weighted by molar-refractivity contribution is -0.125. The second kappa shape index (κ2) is 16.1. The van der Waals surface area contributed by atoms with Crippen LogP contribution in [-0.4, -0.2) is 34.5 Å². The summed E-state index contributed by atoms with van der Waals surface area (Å²) in [7, 11) is 0. The molecule has 260 valence electrons. The second-order valence-electron chi connectivity index (χ2n) is 14.0. The Hall–Kier alpha value is -4.05. The Balaban J connectivity index is 1.03. The molecule has 49 heavy (non-hydrogen) atoms. The third-order valence-corrected chi connectivity index (χ3v) is 11.4. The van der Waals surface area contributed by atoms with Gasteiger partial charge < -0.3 is 20.7 Å². The highest BCUT2D eigenvalue weighted by atomic mass is 32.1. The average molecular weight is 686 g/mol. The first-order valence-corrected chi connectivity index (χ1v) is 18.7. The maximum absolute atomic E-state index is 15.0. The molecule has 4 aromatic rings. The number of amides is 3. The van der Waals surface area contributed by atoms with Crippen LogP contribution in [0.15, 0.2) is 54.9 Å². The van der Waals surface area contributed by atoms with Crippen LogP contribution < -0.4 is 20.7 Å².